The lowest BCUT2D eigenvalue weighted by atomic mass is 10.1. The molecule has 6 heteroatoms. The van der Waals surface area contributed by atoms with Gasteiger partial charge in [-0.15, -0.1) is 11.3 Å². The van der Waals surface area contributed by atoms with Gasteiger partial charge in [0.2, 0.25) is 0 Å². The fourth-order valence-electron chi connectivity index (χ4n) is 2.57. The van der Waals surface area contributed by atoms with Crippen LogP contribution in [0.15, 0.2) is 48.1 Å². The SMILES string of the molecule is Cc1nc2ccccc2cc1C(=O)NCc1cn2ccsc2n1. The van der Waals surface area contributed by atoms with Crippen molar-refractivity contribution in [3.63, 3.8) is 0 Å². The summed E-state index contributed by atoms with van der Waals surface area (Å²) in [5.74, 6) is -0.128. The van der Waals surface area contributed by atoms with Crippen molar-refractivity contribution in [1.29, 1.82) is 0 Å². The lowest BCUT2D eigenvalue weighted by molar-refractivity contribution is 0.0949. The summed E-state index contributed by atoms with van der Waals surface area (Å²) >= 11 is 1.57. The molecule has 1 amide bonds. The van der Waals surface area contributed by atoms with Gasteiger partial charge in [0.25, 0.3) is 5.91 Å². The van der Waals surface area contributed by atoms with Crippen molar-refractivity contribution in [3.05, 3.63) is 65.1 Å². The van der Waals surface area contributed by atoms with Gasteiger partial charge >= 0.3 is 0 Å². The molecule has 0 atom stereocenters. The topological polar surface area (TPSA) is 59.3 Å². The van der Waals surface area contributed by atoms with Gasteiger partial charge in [-0.3, -0.25) is 14.2 Å². The molecule has 0 aliphatic carbocycles. The van der Waals surface area contributed by atoms with E-state index >= 15 is 0 Å². The Morgan fingerprint density at radius 3 is 3.04 bits per heavy atom. The van der Waals surface area contributed by atoms with Crippen molar-refractivity contribution in [2.24, 2.45) is 0 Å². The number of nitrogens with one attached hydrogen (secondary N) is 1. The number of amides is 1. The van der Waals surface area contributed by atoms with Crippen molar-refractivity contribution in [2.75, 3.05) is 0 Å². The Hall–Kier alpha value is -2.73. The Labute approximate surface area is 136 Å². The summed E-state index contributed by atoms with van der Waals surface area (Å²) in [6, 6.07) is 9.68. The van der Waals surface area contributed by atoms with Crippen LogP contribution in [0.25, 0.3) is 15.9 Å². The molecule has 1 aromatic carbocycles. The van der Waals surface area contributed by atoms with Gasteiger partial charge in [0, 0.05) is 23.2 Å². The van der Waals surface area contributed by atoms with E-state index in [1.807, 2.05) is 59.4 Å². The molecule has 0 aliphatic rings. The molecule has 3 heterocycles. The maximum Gasteiger partial charge on any atom is 0.253 e. The standard InChI is InChI=1S/C17H14N4OS/c1-11-14(8-12-4-2-3-5-15(12)19-11)16(22)18-9-13-10-21-6-7-23-17(21)20-13/h2-8,10H,9H2,1H3,(H,18,22). The largest absolute Gasteiger partial charge is 0.346 e. The van der Waals surface area contributed by atoms with Gasteiger partial charge in [-0.05, 0) is 19.1 Å². The number of para-hydroxylation sites is 1. The minimum absolute atomic E-state index is 0.128. The average Bonchev–Trinajstić information content (AvgIpc) is 3.13. The predicted octanol–water partition coefficient (Wildman–Crippen LogP) is 3.18. The van der Waals surface area contributed by atoms with E-state index < -0.39 is 0 Å². The third-order valence-corrected chi connectivity index (χ3v) is 4.50. The second-order valence-corrected chi connectivity index (χ2v) is 6.19. The molecule has 0 saturated heterocycles. The molecule has 0 spiro atoms. The van der Waals surface area contributed by atoms with Crippen LogP contribution in [0.1, 0.15) is 21.7 Å². The summed E-state index contributed by atoms with van der Waals surface area (Å²) in [6.45, 7) is 2.26. The molecule has 3 aromatic heterocycles. The van der Waals surface area contributed by atoms with Gasteiger partial charge in [0.05, 0.1) is 29.0 Å². The van der Waals surface area contributed by atoms with E-state index in [-0.39, 0.29) is 5.91 Å². The summed E-state index contributed by atoms with van der Waals surface area (Å²) < 4.78 is 1.95. The second-order valence-electron chi connectivity index (χ2n) is 5.32. The van der Waals surface area contributed by atoms with Crippen molar-refractivity contribution in [1.82, 2.24) is 19.7 Å². The van der Waals surface area contributed by atoms with E-state index in [0.717, 1.165) is 27.3 Å². The van der Waals surface area contributed by atoms with Gasteiger partial charge in [-0.1, -0.05) is 18.2 Å². The number of nitrogens with zero attached hydrogens (tertiary/aromatic N) is 3. The zero-order valence-corrected chi connectivity index (χ0v) is 13.3. The highest BCUT2D eigenvalue weighted by Gasteiger charge is 2.12. The predicted molar refractivity (Wildman–Crippen MR) is 90.7 cm³/mol. The first kappa shape index (κ1) is 13.9. The van der Waals surface area contributed by atoms with Crippen LogP contribution < -0.4 is 5.32 Å². The Bertz CT molecular complexity index is 989. The number of aryl methyl sites for hydroxylation is 1. The maximum atomic E-state index is 12.5. The fraction of sp³-hybridized carbons (Fsp3) is 0.118. The molecule has 0 bridgehead atoms. The molecule has 0 fully saturated rings. The van der Waals surface area contributed by atoms with E-state index in [0.29, 0.717) is 12.1 Å². The summed E-state index contributed by atoms with van der Waals surface area (Å²) in [5.41, 5.74) is 3.07. The molecule has 4 aromatic rings. The number of carbonyl (C=O) groups is 1. The number of aromatic nitrogens is 3. The third kappa shape index (κ3) is 2.57. The minimum atomic E-state index is -0.128. The van der Waals surface area contributed by atoms with Crippen LogP contribution in [0, 0.1) is 6.92 Å². The maximum absolute atomic E-state index is 12.5. The van der Waals surface area contributed by atoms with Crippen molar-refractivity contribution in [2.45, 2.75) is 13.5 Å². The first-order valence-electron chi connectivity index (χ1n) is 7.26. The molecular formula is C17H14N4OS. The smallest absolute Gasteiger partial charge is 0.253 e. The van der Waals surface area contributed by atoms with Crippen LogP contribution in [0.2, 0.25) is 0 Å². The number of hydrogen-bond donors (Lipinski definition) is 1. The summed E-state index contributed by atoms with van der Waals surface area (Å²) in [6.07, 6.45) is 3.88. The molecule has 23 heavy (non-hydrogen) atoms. The zero-order chi connectivity index (χ0) is 15.8. The van der Waals surface area contributed by atoms with Crippen molar-refractivity contribution in [3.8, 4) is 0 Å². The highest BCUT2D eigenvalue weighted by atomic mass is 32.1. The lowest BCUT2D eigenvalue weighted by Gasteiger charge is -2.07. The highest BCUT2D eigenvalue weighted by Crippen LogP contribution is 2.16. The first-order chi connectivity index (χ1) is 11.2. The van der Waals surface area contributed by atoms with Gasteiger partial charge in [-0.25, -0.2) is 4.98 Å². The Kier molecular flexibility index (Phi) is 3.31. The first-order valence-corrected chi connectivity index (χ1v) is 8.14. The van der Waals surface area contributed by atoms with Crippen LogP contribution in [-0.2, 0) is 6.54 Å². The number of thiazole rings is 1. The minimum Gasteiger partial charge on any atom is -0.346 e. The van der Waals surface area contributed by atoms with Crippen molar-refractivity contribution < 1.29 is 4.79 Å². The Morgan fingerprint density at radius 2 is 2.17 bits per heavy atom. The fourth-order valence-corrected chi connectivity index (χ4v) is 3.29. The molecular weight excluding hydrogens is 308 g/mol. The van der Waals surface area contributed by atoms with Crippen LogP contribution in [0.5, 0.6) is 0 Å². The normalized spacial score (nSPS) is 11.2. The molecule has 5 nitrogen and oxygen atoms in total. The van der Waals surface area contributed by atoms with Crippen LogP contribution in [0.4, 0.5) is 0 Å². The van der Waals surface area contributed by atoms with E-state index in [2.05, 4.69) is 15.3 Å². The van der Waals surface area contributed by atoms with Crippen LogP contribution in [0.3, 0.4) is 0 Å². The molecule has 0 saturated carbocycles. The number of pyridine rings is 1. The van der Waals surface area contributed by atoms with Gasteiger partial charge in [0.15, 0.2) is 4.96 Å². The second kappa shape index (κ2) is 5.48. The number of benzene rings is 1. The van der Waals surface area contributed by atoms with Crippen LogP contribution >= 0.6 is 11.3 Å². The zero-order valence-electron chi connectivity index (χ0n) is 12.5. The number of hydrogen-bond acceptors (Lipinski definition) is 4. The monoisotopic (exact) mass is 322 g/mol. The van der Waals surface area contributed by atoms with Gasteiger partial charge in [-0.2, -0.15) is 0 Å². The number of fused-ring (bicyclic) bond motifs is 2. The van der Waals surface area contributed by atoms with E-state index in [9.17, 15) is 4.79 Å². The molecule has 0 radical (unpaired) electrons. The highest BCUT2D eigenvalue weighted by molar-refractivity contribution is 7.15. The number of carbonyl (C=O) groups excluding carboxylic acids is 1. The lowest BCUT2D eigenvalue weighted by Crippen LogP contribution is -2.24. The Balaban J connectivity index is 1.56. The quantitative estimate of drug-likeness (QED) is 0.630. The third-order valence-electron chi connectivity index (χ3n) is 3.73. The van der Waals surface area contributed by atoms with Crippen LogP contribution in [-0.4, -0.2) is 20.3 Å². The molecule has 114 valence electrons. The Morgan fingerprint density at radius 1 is 1.30 bits per heavy atom. The van der Waals surface area contributed by atoms with Gasteiger partial charge in [0.1, 0.15) is 0 Å². The molecule has 1 N–H and O–H groups in total. The molecule has 4 rings (SSSR count). The average molecular weight is 322 g/mol. The summed E-state index contributed by atoms with van der Waals surface area (Å²) in [7, 11) is 0. The van der Waals surface area contributed by atoms with Crippen molar-refractivity contribution >= 4 is 33.1 Å². The molecule has 0 unspecified atom stereocenters. The van der Waals surface area contributed by atoms with E-state index in [1.54, 1.807) is 11.3 Å². The summed E-state index contributed by atoms with van der Waals surface area (Å²) in [4.78, 5) is 22.3. The number of rotatable bonds is 3. The van der Waals surface area contributed by atoms with E-state index in [4.69, 9.17) is 0 Å². The van der Waals surface area contributed by atoms with E-state index in [1.165, 1.54) is 0 Å². The summed E-state index contributed by atoms with van der Waals surface area (Å²) in [5, 5.41) is 5.87. The number of imidazole rings is 1. The molecule has 0 aliphatic heterocycles. The van der Waals surface area contributed by atoms with Gasteiger partial charge < -0.3 is 5.32 Å².